The Labute approximate surface area is 92.1 Å². The lowest BCUT2D eigenvalue weighted by atomic mass is 10.1. The maximum atomic E-state index is 5.87. The molecule has 0 spiro atoms. The van der Waals surface area contributed by atoms with Crippen LogP contribution in [0.15, 0.2) is 30.3 Å². The van der Waals surface area contributed by atoms with E-state index in [0.717, 1.165) is 6.54 Å². The Bertz CT molecular complexity index is 284. The van der Waals surface area contributed by atoms with Crippen molar-refractivity contribution in [1.82, 2.24) is 4.90 Å². The van der Waals surface area contributed by atoms with Crippen LogP contribution in [0.1, 0.15) is 18.4 Å². The van der Waals surface area contributed by atoms with Crippen molar-refractivity contribution >= 4 is 0 Å². The molecule has 0 unspecified atom stereocenters. The Balaban J connectivity index is 1.67. The van der Waals surface area contributed by atoms with Crippen molar-refractivity contribution in [1.29, 1.82) is 0 Å². The third-order valence-electron chi connectivity index (χ3n) is 3.09. The molecule has 0 amide bonds. The van der Waals surface area contributed by atoms with E-state index in [-0.39, 0.29) is 0 Å². The first-order valence-electron chi connectivity index (χ1n) is 5.86. The molecule has 0 radical (unpaired) electrons. The van der Waals surface area contributed by atoms with Crippen molar-refractivity contribution in [3.8, 4) is 0 Å². The Morgan fingerprint density at radius 3 is 2.73 bits per heavy atom. The van der Waals surface area contributed by atoms with Crippen molar-refractivity contribution in [2.45, 2.75) is 25.3 Å². The second-order valence-electron chi connectivity index (χ2n) is 4.44. The summed E-state index contributed by atoms with van der Waals surface area (Å²) in [4.78, 5) is 2.48. The lowest BCUT2D eigenvalue weighted by Gasteiger charge is -2.14. The molecular weight excluding hydrogens is 184 g/mol. The highest BCUT2D eigenvalue weighted by atomic mass is 15.2. The van der Waals surface area contributed by atoms with Crippen molar-refractivity contribution in [3.63, 3.8) is 0 Å². The van der Waals surface area contributed by atoms with Crippen LogP contribution in [-0.4, -0.2) is 30.6 Å². The van der Waals surface area contributed by atoms with Gasteiger partial charge in [-0.1, -0.05) is 30.3 Å². The van der Waals surface area contributed by atoms with Gasteiger partial charge in [0.15, 0.2) is 0 Å². The quantitative estimate of drug-likeness (QED) is 0.808. The minimum absolute atomic E-state index is 0.418. The summed E-state index contributed by atoms with van der Waals surface area (Å²) in [5.41, 5.74) is 7.31. The highest BCUT2D eigenvalue weighted by Crippen LogP contribution is 2.09. The maximum absolute atomic E-state index is 5.87. The molecule has 0 bridgehead atoms. The third kappa shape index (κ3) is 3.33. The SMILES string of the molecule is N[C@@H]1CCN(CCCc2ccccc2)C1. The molecule has 1 aromatic rings. The molecule has 1 heterocycles. The van der Waals surface area contributed by atoms with Gasteiger partial charge in [-0.25, -0.2) is 0 Å². The first-order chi connectivity index (χ1) is 7.34. The van der Waals surface area contributed by atoms with Crippen LogP contribution in [0.25, 0.3) is 0 Å². The van der Waals surface area contributed by atoms with E-state index >= 15 is 0 Å². The first-order valence-corrected chi connectivity index (χ1v) is 5.86. The van der Waals surface area contributed by atoms with Crippen LogP contribution in [-0.2, 0) is 6.42 Å². The minimum Gasteiger partial charge on any atom is -0.326 e. The Morgan fingerprint density at radius 1 is 1.27 bits per heavy atom. The molecule has 0 aliphatic carbocycles. The standard InChI is InChI=1S/C13H20N2/c14-13-8-10-15(11-13)9-4-7-12-5-2-1-3-6-12/h1-3,5-6,13H,4,7-11,14H2/t13-/m1/s1. The van der Waals surface area contributed by atoms with Crippen LogP contribution in [0.3, 0.4) is 0 Å². The fourth-order valence-electron chi connectivity index (χ4n) is 2.22. The number of hydrogen-bond donors (Lipinski definition) is 1. The molecule has 0 aromatic heterocycles. The topological polar surface area (TPSA) is 29.3 Å². The van der Waals surface area contributed by atoms with Crippen LogP contribution in [0.2, 0.25) is 0 Å². The zero-order valence-electron chi connectivity index (χ0n) is 9.23. The van der Waals surface area contributed by atoms with Gasteiger partial charge >= 0.3 is 0 Å². The van der Waals surface area contributed by atoms with Gasteiger partial charge in [0.05, 0.1) is 0 Å². The monoisotopic (exact) mass is 204 g/mol. The summed E-state index contributed by atoms with van der Waals surface area (Å²) in [6.07, 6.45) is 3.61. The van der Waals surface area contributed by atoms with E-state index in [1.54, 1.807) is 0 Å². The smallest absolute Gasteiger partial charge is 0.0180 e. The van der Waals surface area contributed by atoms with E-state index in [2.05, 4.69) is 35.2 Å². The summed E-state index contributed by atoms with van der Waals surface area (Å²) < 4.78 is 0. The van der Waals surface area contributed by atoms with Crippen LogP contribution in [0.4, 0.5) is 0 Å². The van der Waals surface area contributed by atoms with Crippen LogP contribution in [0.5, 0.6) is 0 Å². The Kier molecular flexibility index (Phi) is 3.75. The lowest BCUT2D eigenvalue weighted by molar-refractivity contribution is 0.329. The van der Waals surface area contributed by atoms with E-state index in [9.17, 15) is 0 Å². The number of nitrogens with two attached hydrogens (primary N) is 1. The number of nitrogens with zero attached hydrogens (tertiary/aromatic N) is 1. The molecule has 2 heteroatoms. The van der Waals surface area contributed by atoms with Gasteiger partial charge in [-0.05, 0) is 37.9 Å². The van der Waals surface area contributed by atoms with Gasteiger partial charge in [-0.15, -0.1) is 0 Å². The Hall–Kier alpha value is -0.860. The van der Waals surface area contributed by atoms with Crippen molar-refractivity contribution in [2.75, 3.05) is 19.6 Å². The van der Waals surface area contributed by atoms with E-state index in [4.69, 9.17) is 5.73 Å². The second kappa shape index (κ2) is 5.29. The molecule has 2 nitrogen and oxygen atoms in total. The zero-order valence-corrected chi connectivity index (χ0v) is 9.23. The van der Waals surface area contributed by atoms with Gasteiger partial charge in [0.2, 0.25) is 0 Å². The fraction of sp³-hybridized carbons (Fsp3) is 0.538. The molecule has 1 aliphatic rings. The van der Waals surface area contributed by atoms with Gasteiger partial charge in [0.25, 0.3) is 0 Å². The van der Waals surface area contributed by atoms with Gasteiger partial charge in [0, 0.05) is 12.6 Å². The summed E-state index contributed by atoms with van der Waals surface area (Å²) in [7, 11) is 0. The van der Waals surface area contributed by atoms with Gasteiger partial charge in [-0.2, -0.15) is 0 Å². The number of hydrogen-bond acceptors (Lipinski definition) is 2. The molecule has 2 N–H and O–H groups in total. The number of aryl methyl sites for hydroxylation is 1. The number of benzene rings is 1. The van der Waals surface area contributed by atoms with E-state index in [0.29, 0.717) is 6.04 Å². The summed E-state index contributed by atoms with van der Waals surface area (Å²) in [6, 6.07) is 11.1. The Morgan fingerprint density at radius 2 is 2.07 bits per heavy atom. The van der Waals surface area contributed by atoms with E-state index in [1.807, 2.05) is 0 Å². The summed E-state index contributed by atoms with van der Waals surface area (Å²) in [5, 5.41) is 0. The molecule has 82 valence electrons. The lowest BCUT2D eigenvalue weighted by Crippen LogP contribution is -2.27. The zero-order chi connectivity index (χ0) is 10.5. The van der Waals surface area contributed by atoms with Gasteiger partial charge in [0.1, 0.15) is 0 Å². The highest BCUT2D eigenvalue weighted by molar-refractivity contribution is 5.14. The largest absolute Gasteiger partial charge is 0.326 e. The van der Waals surface area contributed by atoms with Crippen LogP contribution in [0, 0.1) is 0 Å². The summed E-state index contributed by atoms with van der Waals surface area (Å²) in [5.74, 6) is 0. The number of rotatable bonds is 4. The molecule has 1 atom stereocenters. The molecule has 1 saturated heterocycles. The van der Waals surface area contributed by atoms with Crippen molar-refractivity contribution in [3.05, 3.63) is 35.9 Å². The highest BCUT2D eigenvalue weighted by Gasteiger charge is 2.17. The van der Waals surface area contributed by atoms with E-state index < -0.39 is 0 Å². The average molecular weight is 204 g/mol. The molecule has 0 saturated carbocycles. The van der Waals surface area contributed by atoms with Crippen molar-refractivity contribution in [2.24, 2.45) is 5.73 Å². The fourth-order valence-corrected chi connectivity index (χ4v) is 2.22. The predicted molar refractivity (Wildman–Crippen MR) is 63.8 cm³/mol. The van der Waals surface area contributed by atoms with E-state index in [1.165, 1.54) is 37.9 Å². The normalized spacial score (nSPS) is 22.1. The van der Waals surface area contributed by atoms with Crippen molar-refractivity contribution < 1.29 is 0 Å². The summed E-state index contributed by atoms with van der Waals surface area (Å²) in [6.45, 7) is 3.48. The third-order valence-corrected chi connectivity index (χ3v) is 3.09. The average Bonchev–Trinajstić information content (AvgIpc) is 2.66. The predicted octanol–water partition coefficient (Wildman–Crippen LogP) is 1.65. The van der Waals surface area contributed by atoms with Gasteiger partial charge < -0.3 is 10.6 Å². The molecule has 2 rings (SSSR count). The number of likely N-dealkylation sites (tertiary alicyclic amines) is 1. The molecule has 1 fully saturated rings. The van der Waals surface area contributed by atoms with Crippen LogP contribution < -0.4 is 5.73 Å². The van der Waals surface area contributed by atoms with Gasteiger partial charge in [-0.3, -0.25) is 0 Å². The van der Waals surface area contributed by atoms with Crippen LogP contribution >= 0.6 is 0 Å². The minimum atomic E-state index is 0.418. The molecule has 1 aliphatic heterocycles. The first kappa shape index (κ1) is 10.7. The molecule has 15 heavy (non-hydrogen) atoms. The summed E-state index contributed by atoms with van der Waals surface area (Å²) >= 11 is 0. The molecule has 1 aromatic carbocycles. The molecular formula is C13H20N2. The second-order valence-corrected chi connectivity index (χ2v) is 4.44. The maximum Gasteiger partial charge on any atom is 0.0180 e.